The number of methoxy groups -OCH3 is 1. The molecule has 0 bridgehead atoms. The first-order valence-electron chi connectivity index (χ1n) is 12.0. The van der Waals surface area contributed by atoms with Gasteiger partial charge in [0, 0.05) is 47.4 Å². The maximum atomic E-state index is 13.6. The van der Waals surface area contributed by atoms with E-state index in [9.17, 15) is 9.59 Å². The van der Waals surface area contributed by atoms with E-state index in [-0.39, 0.29) is 24.5 Å². The van der Waals surface area contributed by atoms with Crippen LogP contribution in [0, 0.1) is 0 Å². The van der Waals surface area contributed by atoms with Crippen molar-refractivity contribution in [1.82, 2.24) is 9.80 Å². The molecule has 4 rings (SSSR count). The van der Waals surface area contributed by atoms with Gasteiger partial charge in [-0.3, -0.25) is 4.79 Å². The molecular formula is C27H29Cl2N3O4S. The molecule has 2 heterocycles. The van der Waals surface area contributed by atoms with Crippen molar-refractivity contribution in [2.45, 2.75) is 18.9 Å². The zero-order valence-corrected chi connectivity index (χ0v) is 22.8. The first kappa shape index (κ1) is 27.3. The molecule has 3 aromatic rings. The predicted molar refractivity (Wildman–Crippen MR) is 148 cm³/mol. The summed E-state index contributed by atoms with van der Waals surface area (Å²) < 4.78 is 11.2. The molecule has 0 aliphatic carbocycles. The van der Waals surface area contributed by atoms with Gasteiger partial charge in [-0.1, -0.05) is 29.3 Å². The lowest BCUT2D eigenvalue weighted by Crippen LogP contribution is -2.49. The third-order valence-electron chi connectivity index (χ3n) is 6.10. The summed E-state index contributed by atoms with van der Waals surface area (Å²) in [6, 6.07) is 15.5. The molecule has 1 aromatic heterocycles. The van der Waals surface area contributed by atoms with Crippen molar-refractivity contribution < 1.29 is 19.1 Å². The predicted octanol–water partition coefficient (Wildman–Crippen LogP) is 6.13. The number of benzene rings is 2. The number of fused-ring (bicyclic) bond motifs is 1. The Morgan fingerprint density at radius 2 is 1.95 bits per heavy atom. The Labute approximate surface area is 230 Å². The van der Waals surface area contributed by atoms with E-state index in [1.54, 1.807) is 54.8 Å². The lowest BCUT2D eigenvalue weighted by Gasteiger charge is -2.37. The number of hydrogen-bond donors (Lipinski definition) is 1. The van der Waals surface area contributed by atoms with E-state index in [2.05, 4.69) is 11.4 Å². The second-order valence-electron chi connectivity index (χ2n) is 8.63. The Morgan fingerprint density at radius 1 is 1.14 bits per heavy atom. The van der Waals surface area contributed by atoms with E-state index in [4.69, 9.17) is 32.7 Å². The lowest BCUT2D eigenvalue weighted by atomic mass is 10.0. The van der Waals surface area contributed by atoms with Gasteiger partial charge in [-0.25, -0.2) is 4.79 Å². The minimum Gasteiger partial charge on any atom is -0.491 e. The molecule has 1 N–H and O–H groups in total. The number of halogens is 2. The number of urea groups is 1. The summed E-state index contributed by atoms with van der Waals surface area (Å²) in [5, 5.41) is 6.04. The number of thiophene rings is 1. The van der Waals surface area contributed by atoms with Gasteiger partial charge < -0.3 is 24.6 Å². The number of carbonyl (C=O) groups is 2. The van der Waals surface area contributed by atoms with Gasteiger partial charge in [0.1, 0.15) is 18.9 Å². The Kier molecular flexibility index (Phi) is 9.68. The summed E-state index contributed by atoms with van der Waals surface area (Å²) in [6.45, 7) is 1.65. The molecule has 0 spiro atoms. The van der Waals surface area contributed by atoms with Crippen molar-refractivity contribution in [3.8, 4) is 5.75 Å². The van der Waals surface area contributed by atoms with Crippen LogP contribution in [0.15, 0.2) is 60.0 Å². The van der Waals surface area contributed by atoms with Crippen molar-refractivity contribution in [3.05, 3.63) is 80.5 Å². The molecule has 196 valence electrons. The van der Waals surface area contributed by atoms with Gasteiger partial charge in [0.2, 0.25) is 5.91 Å². The van der Waals surface area contributed by atoms with Crippen LogP contribution >= 0.6 is 34.5 Å². The van der Waals surface area contributed by atoms with Crippen LogP contribution in [-0.4, -0.2) is 61.7 Å². The zero-order chi connectivity index (χ0) is 26.2. The summed E-state index contributed by atoms with van der Waals surface area (Å²) in [4.78, 5) is 31.4. The van der Waals surface area contributed by atoms with Gasteiger partial charge in [0.05, 0.1) is 6.04 Å². The number of anilines is 1. The van der Waals surface area contributed by atoms with Crippen molar-refractivity contribution in [3.63, 3.8) is 0 Å². The average Bonchev–Trinajstić information content (AvgIpc) is 3.37. The maximum absolute atomic E-state index is 13.6. The molecule has 10 heteroatoms. The Hall–Kier alpha value is -2.78. The third-order valence-corrected chi connectivity index (χ3v) is 7.59. The van der Waals surface area contributed by atoms with Gasteiger partial charge in [-0.2, -0.15) is 0 Å². The first-order chi connectivity index (χ1) is 17.9. The zero-order valence-electron chi connectivity index (χ0n) is 20.5. The average molecular weight is 563 g/mol. The Bertz CT molecular complexity index is 1200. The van der Waals surface area contributed by atoms with E-state index in [1.807, 2.05) is 22.4 Å². The van der Waals surface area contributed by atoms with Crippen LogP contribution in [0.5, 0.6) is 5.75 Å². The fraction of sp³-hybridized carbons (Fsp3) is 0.333. The number of ether oxygens (including phenoxy) is 2. The van der Waals surface area contributed by atoms with Crippen molar-refractivity contribution in [2.75, 3.05) is 45.3 Å². The smallest absolute Gasteiger partial charge is 0.322 e. The first-order valence-corrected chi connectivity index (χ1v) is 13.6. The summed E-state index contributed by atoms with van der Waals surface area (Å²) in [6.07, 6.45) is 1.37. The number of amides is 3. The lowest BCUT2D eigenvalue weighted by molar-refractivity contribution is -0.135. The van der Waals surface area contributed by atoms with Gasteiger partial charge in [0.25, 0.3) is 0 Å². The van der Waals surface area contributed by atoms with Crippen LogP contribution < -0.4 is 10.1 Å². The van der Waals surface area contributed by atoms with Crippen LogP contribution in [0.2, 0.25) is 10.0 Å². The number of rotatable bonds is 10. The van der Waals surface area contributed by atoms with Crippen LogP contribution in [0.3, 0.4) is 0 Å². The van der Waals surface area contributed by atoms with Gasteiger partial charge in [-0.15, -0.1) is 11.3 Å². The molecule has 0 radical (unpaired) electrons. The molecular weight excluding hydrogens is 533 g/mol. The van der Waals surface area contributed by atoms with Crippen molar-refractivity contribution in [2.24, 2.45) is 0 Å². The molecule has 0 fully saturated rings. The van der Waals surface area contributed by atoms with Crippen LogP contribution in [-0.2, 0) is 16.0 Å². The molecule has 3 amide bonds. The highest BCUT2D eigenvalue weighted by atomic mass is 35.5. The Balaban J connectivity index is 1.48. The molecule has 7 nitrogen and oxygen atoms in total. The monoisotopic (exact) mass is 561 g/mol. The highest BCUT2D eigenvalue weighted by Crippen LogP contribution is 2.34. The normalized spacial score (nSPS) is 14.7. The molecule has 0 saturated carbocycles. The molecule has 0 saturated heterocycles. The fourth-order valence-corrected chi connectivity index (χ4v) is 5.50. The highest BCUT2D eigenvalue weighted by molar-refractivity contribution is 7.10. The van der Waals surface area contributed by atoms with E-state index in [1.165, 1.54) is 9.78 Å². The number of hydrogen-bond acceptors (Lipinski definition) is 5. The summed E-state index contributed by atoms with van der Waals surface area (Å²) >= 11 is 13.8. The van der Waals surface area contributed by atoms with Crippen molar-refractivity contribution >= 4 is 52.2 Å². The minimum atomic E-state index is -0.367. The largest absolute Gasteiger partial charge is 0.491 e. The third kappa shape index (κ3) is 7.38. The number of carbonyl (C=O) groups excluding carboxylic acids is 2. The highest BCUT2D eigenvalue weighted by Gasteiger charge is 2.33. The van der Waals surface area contributed by atoms with Crippen molar-refractivity contribution in [1.29, 1.82) is 0 Å². The van der Waals surface area contributed by atoms with E-state index in [0.717, 1.165) is 12.0 Å². The molecule has 1 aliphatic heterocycles. The van der Waals surface area contributed by atoms with Gasteiger partial charge in [-0.05, 0) is 72.3 Å². The maximum Gasteiger partial charge on any atom is 0.322 e. The van der Waals surface area contributed by atoms with E-state index >= 15 is 0 Å². The molecule has 1 atom stereocenters. The second kappa shape index (κ2) is 13.1. The van der Waals surface area contributed by atoms with Crippen LogP contribution in [0.4, 0.5) is 10.5 Å². The van der Waals surface area contributed by atoms with E-state index in [0.29, 0.717) is 54.2 Å². The summed E-state index contributed by atoms with van der Waals surface area (Å²) in [5.41, 5.74) is 1.66. The van der Waals surface area contributed by atoms with Crippen LogP contribution in [0.1, 0.15) is 22.9 Å². The van der Waals surface area contributed by atoms with Gasteiger partial charge >= 0.3 is 6.03 Å². The molecule has 1 aliphatic rings. The SMILES string of the molecule is COCCCN(CC(=O)N1CCc2sccc2[C@@H]1COc1ccc(Cl)cc1)C(=O)Nc1cccc(Cl)c1. The van der Waals surface area contributed by atoms with E-state index < -0.39 is 0 Å². The summed E-state index contributed by atoms with van der Waals surface area (Å²) in [7, 11) is 1.61. The standard InChI is InChI=1S/C27H29Cl2N3O4S/c1-35-14-3-12-31(27(34)30-21-5-2-4-20(29)16-21)17-26(33)32-13-10-25-23(11-15-37-25)24(32)18-36-22-8-6-19(28)7-9-22/h2,4-9,11,15-16,24H,3,10,12-14,17-18H2,1H3,(H,30,34)/t24-/m0/s1. The second-order valence-corrected chi connectivity index (χ2v) is 10.5. The number of nitrogens with zero attached hydrogens (tertiary/aromatic N) is 2. The van der Waals surface area contributed by atoms with Crippen LogP contribution in [0.25, 0.3) is 0 Å². The van der Waals surface area contributed by atoms with Gasteiger partial charge in [0.15, 0.2) is 0 Å². The quantitative estimate of drug-likeness (QED) is 0.302. The minimum absolute atomic E-state index is 0.0625. The Morgan fingerprint density at radius 3 is 2.70 bits per heavy atom. The summed E-state index contributed by atoms with van der Waals surface area (Å²) in [5.74, 6) is 0.543. The number of nitrogens with one attached hydrogen (secondary N) is 1. The molecule has 2 aromatic carbocycles. The molecule has 0 unspecified atom stereocenters. The fourth-order valence-electron chi connectivity index (χ4n) is 4.26. The topological polar surface area (TPSA) is 71.1 Å². The molecule has 37 heavy (non-hydrogen) atoms.